The van der Waals surface area contributed by atoms with Gasteiger partial charge in [-0.3, -0.25) is 0 Å². The van der Waals surface area contributed by atoms with E-state index in [9.17, 15) is 4.79 Å². The molecule has 1 atom stereocenters. The van der Waals surface area contributed by atoms with Gasteiger partial charge in [-0.05, 0) is 25.7 Å². The molecular formula is C12H20O2. The van der Waals surface area contributed by atoms with E-state index in [1.54, 1.807) is 0 Å². The van der Waals surface area contributed by atoms with Gasteiger partial charge in [0.25, 0.3) is 0 Å². The van der Waals surface area contributed by atoms with Crippen LogP contribution in [-0.2, 0) is 9.53 Å². The smallest absolute Gasteiger partial charge is 0.333 e. The fraction of sp³-hybridized carbons (Fsp3) is 0.750. The van der Waals surface area contributed by atoms with Crippen LogP contribution in [0.15, 0.2) is 12.2 Å². The van der Waals surface area contributed by atoms with E-state index in [-0.39, 0.29) is 12.1 Å². The fourth-order valence-electron chi connectivity index (χ4n) is 1.73. The van der Waals surface area contributed by atoms with Crippen molar-refractivity contribution in [2.45, 2.75) is 58.0 Å². The van der Waals surface area contributed by atoms with Gasteiger partial charge in [-0.25, -0.2) is 4.79 Å². The second-order valence-electron chi connectivity index (χ2n) is 4.02. The zero-order valence-electron chi connectivity index (χ0n) is 9.05. The molecule has 0 aliphatic carbocycles. The first-order chi connectivity index (χ1) is 6.74. The summed E-state index contributed by atoms with van der Waals surface area (Å²) < 4.78 is 5.24. The third-order valence-electron chi connectivity index (χ3n) is 2.71. The lowest BCUT2D eigenvalue weighted by molar-refractivity contribution is -0.147. The van der Waals surface area contributed by atoms with Gasteiger partial charge >= 0.3 is 5.97 Å². The summed E-state index contributed by atoms with van der Waals surface area (Å²) >= 11 is 0. The number of esters is 1. The normalized spacial score (nSPS) is 22.2. The average Bonchev–Trinajstić information content (AvgIpc) is 2.18. The zero-order chi connectivity index (χ0) is 10.4. The Morgan fingerprint density at radius 2 is 2.21 bits per heavy atom. The molecule has 1 unspecified atom stereocenters. The quantitative estimate of drug-likeness (QED) is 0.383. The summed E-state index contributed by atoms with van der Waals surface area (Å²) in [6.07, 6.45) is 7.94. The summed E-state index contributed by atoms with van der Waals surface area (Å²) in [5.74, 6) is -0.184. The molecule has 1 aliphatic heterocycles. The first-order valence-corrected chi connectivity index (χ1v) is 5.62. The maximum atomic E-state index is 11.2. The van der Waals surface area contributed by atoms with Gasteiger partial charge in [0.2, 0.25) is 0 Å². The minimum atomic E-state index is -0.184. The molecule has 14 heavy (non-hydrogen) atoms. The molecule has 2 nitrogen and oxygen atoms in total. The molecule has 0 aromatic rings. The van der Waals surface area contributed by atoms with Crippen LogP contribution in [0.3, 0.4) is 0 Å². The maximum Gasteiger partial charge on any atom is 0.333 e. The van der Waals surface area contributed by atoms with E-state index in [0.717, 1.165) is 19.3 Å². The molecule has 0 aromatic heterocycles. The van der Waals surface area contributed by atoms with Crippen molar-refractivity contribution in [3.8, 4) is 0 Å². The molecule has 0 amide bonds. The van der Waals surface area contributed by atoms with Gasteiger partial charge in [-0.15, -0.1) is 0 Å². The Morgan fingerprint density at radius 1 is 1.43 bits per heavy atom. The molecule has 0 N–H and O–H groups in total. The van der Waals surface area contributed by atoms with Crippen molar-refractivity contribution in [2.75, 3.05) is 0 Å². The number of hydrogen-bond acceptors (Lipinski definition) is 2. The van der Waals surface area contributed by atoms with E-state index < -0.39 is 0 Å². The highest BCUT2D eigenvalue weighted by molar-refractivity contribution is 5.88. The van der Waals surface area contributed by atoms with Crippen LogP contribution in [0.4, 0.5) is 0 Å². The largest absolute Gasteiger partial charge is 0.459 e. The van der Waals surface area contributed by atoms with Crippen molar-refractivity contribution in [1.29, 1.82) is 0 Å². The van der Waals surface area contributed by atoms with Crippen LogP contribution in [0.1, 0.15) is 51.9 Å². The highest BCUT2D eigenvalue weighted by Gasteiger charge is 2.22. The Bertz CT molecular complexity index is 208. The summed E-state index contributed by atoms with van der Waals surface area (Å²) in [6.45, 7) is 5.86. The number of unbranched alkanes of at least 4 members (excludes halogenated alkanes) is 3. The molecule has 0 saturated carbocycles. The number of cyclic esters (lactones) is 1. The first kappa shape index (κ1) is 11.3. The molecule has 0 aromatic carbocycles. The van der Waals surface area contributed by atoms with Gasteiger partial charge in [0.05, 0.1) is 0 Å². The van der Waals surface area contributed by atoms with E-state index in [4.69, 9.17) is 4.74 Å². The highest BCUT2D eigenvalue weighted by Crippen LogP contribution is 2.22. The molecule has 0 bridgehead atoms. The van der Waals surface area contributed by atoms with Crippen molar-refractivity contribution in [3.63, 3.8) is 0 Å². The summed E-state index contributed by atoms with van der Waals surface area (Å²) in [7, 11) is 0. The van der Waals surface area contributed by atoms with Gasteiger partial charge in [0, 0.05) is 5.57 Å². The Morgan fingerprint density at radius 3 is 2.86 bits per heavy atom. The topological polar surface area (TPSA) is 26.3 Å². The molecule has 1 rings (SSSR count). The molecule has 1 aliphatic rings. The van der Waals surface area contributed by atoms with Gasteiger partial charge < -0.3 is 4.74 Å². The minimum absolute atomic E-state index is 0.157. The van der Waals surface area contributed by atoms with Crippen molar-refractivity contribution < 1.29 is 9.53 Å². The van der Waals surface area contributed by atoms with Gasteiger partial charge in [0.1, 0.15) is 6.10 Å². The molecule has 80 valence electrons. The standard InChI is InChI=1S/C12H20O2/c1-3-4-5-6-7-11-9-8-10(2)12(13)14-11/h11H,2-9H2,1H3. The minimum Gasteiger partial charge on any atom is -0.459 e. The molecule has 1 heterocycles. The first-order valence-electron chi connectivity index (χ1n) is 5.62. The summed E-state index contributed by atoms with van der Waals surface area (Å²) in [5.41, 5.74) is 0.634. The van der Waals surface area contributed by atoms with Gasteiger partial charge in [-0.2, -0.15) is 0 Å². The maximum absolute atomic E-state index is 11.2. The van der Waals surface area contributed by atoms with Crippen LogP contribution in [0.5, 0.6) is 0 Å². The van der Waals surface area contributed by atoms with E-state index in [1.165, 1.54) is 25.7 Å². The Labute approximate surface area is 86.3 Å². The Balaban J connectivity index is 2.14. The molecule has 1 fully saturated rings. The summed E-state index contributed by atoms with van der Waals surface area (Å²) in [6, 6.07) is 0. The lowest BCUT2D eigenvalue weighted by Gasteiger charge is -2.23. The van der Waals surface area contributed by atoms with Crippen molar-refractivity contribution in [3.05, 3.63) is 12.2 Å². The predicted octanol–water partition coefficient (Wildman–Crippen LogP) is 3.22. The number of carbonyl (C=O) groups excluding carboxylic acids is 1. The second-order valence-corrected chi connectivity index (χ2v) is 4.02. The number of ether oxygens (including phenoxy) is 1. The van der Waals surface area contributed by atoms with Gasteiger partial charge in [0.15, 0.2) is 0 Å². The highest BCUT2D eigenvalue weighted by atomic mass is 16.5. The van der Waals surface area contributed by atoms with Crippen LogP contribution in [0, 0.1) is 0 Å². The fourth-order valence-corrected chi connectivity index (χ4v) is 1.73. The molecular weight excluding hydrogens is 176 g/mol. The average molecular weight is 196 g/mol. The third kappa shape index (κ3) is 3.52. The van der Waals surface area contributed by atoms with Crippen molar-refractivity contribution in [1.82, 2.24) is 0 Å². The number of rotatable bonds is 5. The van der Waals surface area contributed by atoms with Crippen LogP contribution < -0.4 is 0 Å². The predicted molar refractivity (Wildman–Crippen MR) is 57.0 cm³/mol. The van der Waals surface area contributed by atoms with Crippen LogP contribution in [-0.4, -0.2) is 12.1 Å². The summed E-state index contributed by atoms with van der Waals surface area (Å²) in [4.78, 5) is 11.2. The second kappa shape index (κ2) is 5.84. The molecule has 1 saturated heterocycles. The monoisotopic (exact) mass is 196 g/mol. The summed E-state index contributed by atoms with van der Waals surface area (Å²) in [5, 5.41) is 0. The van der Waals surface area contributed by atoms with Crippen LogP contribution >= 0.6 is 0 Å². The van der Waals surface area contributed by atoms with Crippen molar-refractivity contribution in [2.24, 2.45) is 0 Å². The van der Waals surface area contributed by atoms with E-state index in [0.29, 0.717) is 5.57 Å². The SMILES string of the molecule is C=C1CCC(CCCCCC)OC1=O. The lowest BCUT2D eigenvalue weighted by atomic mass is 10.0. The Hall–Kier alpha value is -0.790. The third-order valence-corrected chi connectivity index (χ3v) is 2.71. The van der Waals surface area contributed by atoms with Crippen LogP contribution in [0.2, 0.25) is 0 Å². The Kier molecular flexibility index (Phi) is 4.71. The lowest BCUT2D eigenvalue weighted by Crippen LogP contribution is -2.24. The van der Waals surface area contributed by atoms with E-state index >= 15 is 0 Å². The number of hydrogen-bond donors (Lipinski definition) is 0. The van der Waals surface area contributed by atoms with Crippen LogP contribution in [0.25, 0.3) is 0 Å². The van der Waals surface area contributed by atoms with Crippen molar-refractivity contribution >= 4 is 5.97 Å². The van der Waals surface area contributed by atoms with E-state index in [2.05, 4.69) is 13.5 Å². The number of carbonyl (C=O) groups is 1. The molecule has 2 heteroatoms. The zero-order valence-corrected chi connectivity index (χ0v) is 9.05. The van der Waals surface area contributed by atoms with E-state index in [1.807, 2.05) is 0 Å². The molecule has 0 radical (unpaired) electrons. The molecule has 0 spiro atoms. The van der Waals surface area contributed by atoms with Gasteiger partial charge in [-0.1, -0.05) is 32.8 Å².